The van der Waals surface area contributed by atoms with Gasteiger partial charge in [-0.2, -0.15) is 0 Å². The summed E-state index contributed by atoms with van der Waals surface area (Å²) in [5.74, 6) is -0.118. The minimum Gasteiger partial charge on any atom is -0.464 e. The number of aromatic nitrogens is 3. The summed E-state index contributed by atoms with van der Waals surface area (Å²) in [6.07, 6.45) is 3.03. The van der Waals surface area contributed by atoms with Crippen LogP contribution in [0.2, 0.25) is 0 Å². The van der Waals surface area contributed by atoms with Crippen LogP contribution in [0.3, 0.4) is 0 Å². The first-order valence-electron chi connectivity index (χ1n) is 11.3. The molecule has 1 aliphatic rings. The Morgan fingerprint density at radius 1 is 1.14 bits per heavy atom. The van der Waals surface area contributed by atoms with Crippen molar-refractivity contribution in [3.63, 3.8) is 0 Å². The number of nitrogens with zero attached hydrogens (tertiary/aromatic N) is 3. The summed E-state index contributed by atoms with van der Waals surface area (Å²) in [5, 5.41) is 8.37. The second kappa shape index (κ2) is 9.98. The topological polar surface area (TPSA) is 149 Å². The average Bonchev–Trinajstić information content (AvgIpc) is 3.21. The Bertz CT molecular complexity index is 1240. The van der Waals surface area contributed by atoms with Gasteiger partial charge in [0.05, 0.1) is 13.2 Å². The number of nitrogens with one attached hydrogen (secondary N) is 2. The standard InChI is InChI=1S/C23H27N5O6S/c1-10(2)16(27-18(29)13-6-7-13)22-26-15(9-35-22)21-28-17(12(4)34-21)19(30)24-11(3)20-25-14(8-33-20)23(31)32-5/h8-11,13,16H,6-7H2,1-5H3,(H,24,30)(H,27,29)/t11-,16-/m0/s1. The van der Waals surface area contributed by atoms with E-state index < -0.39 is 17.9 Å². The maximum atomic E-state index is 12.8. The Morgan fingerprint density at radius 3 is 2.54 bits per heavy atom. The van der Waals surface area contributed by atoms with Crippen molar-refractivity contribution in [3.8, 4) is 11.6 Å². The Hall–Kier alpha value is -3.54. The first-order valence-corrected chi connectivity index (χ1v) is 12.1. The van der Waals surface area contributed by atoms with Crippen molar-refractivity contribution < 1.29 is 28.0 Å². The van der Waals surface area contributed by atoms with E-state index in [4.69, 9.17) is 8.83 Å². The number of oxazole rings is 2. The minimum atomic E-state index is -0.634. The van der Waals surface area contributed by atoms with E-state index in [0.717, 1.165) is 17.8 Å². The highest BCUT2D eigenvalue weighted by atomic mass is 32.1. The van der Waals surface area contributed by atoms with E-state index in [0.29, 0.717) is 11.5 Å². The van der Waals surface area contributed by atoms with Crippen molar-refractivity contribution >= 4 is 29.1 Å². The fourth-order valence-electron chi connectivity index (χ4n) is 3.39. The molecule has 11 nitrogen and oxygen atoms in total. The van der Waals surface area contributed by atoms with Crippen LogP contribution in [0.1, 0.15) is 83.3 Å². The highest BCUT2D eigenvalue weighted by Crippen LogP contribution is 2.33. The molecule has 0 unspecified atom stereocenters. The Labute approximate surface area is 205 Å². The highest BCUT2D eigenvalue weighted by Gasteiger charge is 2.33. The Balaban J connectivity index is 1.46. The summed E-state index contributed by atoms with van der Waals surface area (Å²) >= 11 is 1.41. The minimum absolute atomic E-state index is 0.0101. The number of ether oxygens (including phenoxy) is 1. The van der Waals surface area contributed by atoms with Crippen molar-refractivity contribution in [2.75, 3.05) is 7.11 Å². The molecule has 2 amide bonds. The smallest absolute Gasteiger partial charge is 0.360 e. The number of hydrogen-bond acceptors (Lipinski definition) is 10. The van der Waals surface area contributed by atoms with Gasteiger partial charge in [0.15, 0.2) is 11.4 Å². The van der Waals surface area contributed by atoms with Crippen LogP contribution in [0.4, 0.5) is 0 Å². The van der Waals surface area contributed by atoms with Crippen LogP contribution in [-0.2, 0) is 9.53 Å². The molecule has 3 heterocycles. The van der Waals surface area contributed by atoms with Gasteiger partial charge in [-0.15, -0.1) is 11.3 Å². The predicted molar refractivity (Wildman–Crippen MR) is 125 cm³/mol. The monoisotopic (exact) mass is 501 g/mol. The van der Waals surface area contributed by atoms with Crippen molar-refractivity contribution in [2.24, 2.45) is 11.8 Å². The van der Waals surface area contributed by atoms with Crippen molar-refractivity contribution in [3.05, 3.63) is 39.7 Å². The van der Waals surface area contributed by atoms with Crippen LogP contribution >= 0.6 is 11.3 Å². The van der Waals surface area contributed by atoms with Crippen LogP contribution in [-0.4, -0.2) is 39.8 Å². The fraction of sp³-hybridized carbons (Fsp3) is 0.478. The first kappa shape index (κ1) is 24.6. The van der Waals surface area contributed by atoms with Crippen molar-refractivity contribution in [1.29, 1.82) is 0 Å². The number of thiazole rings is 1. The quantitative estimate of drug-likeness (QED) is 0.419. The zero-order chi connectivity index (χ0) is 25.3. The van der Waals surface area contributed by atoms with Crippen molar-refractivity contribution in [1.82, 2.24) is 25.6 Å². The third-order valence-corrected chi connectivity index (χ3v) is 6.49. The van der Waals surface area contributed by atoms with E-state index in [1.54, 1.807) is 19.2 Å². The molecule has 12 heteroatoms. The summed E-state index contributed by atoms with van der Waals surface area (Å²) < 4.78 is 15.6. The van der Waals surface area contributed by atoms with Crippen LogP contribution in [0.25, 0.3) is 11.6 Å². The Morgan fingerprint density at radius 2 is 1.89 bits per heavy atom. The maximum Gasteiger partial charge on any atom is 0.360 e. The molecule has 2 atom stereocenters. The summed E-state index contributed by atoms with van der Waals surface area (Å²) in [5.41, 5.74) is 0.599. The second-order valence-electron chi connectivity index (χ2n) is 8.76. The van der Waals surface area contributed by atoms with E-state index >= 15 is 0 Å². The number of aryl methyl sites for hydroxylation is 1. The number of hydrogen-bond donors (Lipinski definition) is 2. The van der Waals surface area contributed by atoms with Gasteiger partial charge in [0.1, 0.15) is 28.8 Å². The average molecular weight is 502 g/mol. The predicted octanol–water partition coefficient (Wildman–Crippen LogP) is 3.60. The molecule has 0 radical (unpaired) electrons. The lowest BCUT2D eigenvalue weighted by Gasteiger charge is -2.20. The first-order chi connectivity index (χ1) is 16.7. The van der Waals surface area contributed by atoms with Gasteiger partial charge in [0.25, 0.3) is 5.91 Å². The summed E-state index contributed by atoms with van der Waals surface area (Å²) in [7, 11) is 1.24. The second-order valence-corrected chi connectivity index (χ2v) is 9.65. The lowest BCUT2D eigenvalue weighted by Crippen LogP contribution is -2.32. The Kier molecular flexibility index (Phi) is 7.01. The number of amides is 2. The van der Waals surface area contributed by atoms with Crippen LogP contribution in [0.5, 0.6) is 0 Å². The molecule has 1 fully saturated rings. The van der Waals surface area contributed by atoms with Gasteiger partial charge < -0.3 is 24.2 Å². The molecule has 2 N–H and O–H groups in total. The van der Waals surface area contributed by atoms with Gasteiger partial charge in [-0.3, -0.25) is 9.59 Å². The van der Waals surface area contributed by atoms with Gasteiger partial charge in [-0.05, 0) is 32.6 Å². The molecule has 35 heavy (non-hydrogen) atoms. The van der Waals surface area contributed by atoms with Gasteiger partial charge in [-0.25, -0.2) is 19.7 Å². The maximum absolute atomic E-state index is 12.8. The van der Waals surface area contributed by atoms with E-state index in [2.05, 4.69) is 30.3 Å². The van der Waals surface area contributed by atoms with Gasteiger partial charge in [0, 0.05) is 11.3 Å². The molecular weight excluding hydrogens is 474 g/mol. The number of carbonyl (C=O) groups excluding carboxylic acids is 3. The molecular formula is C23H27N5O6S. The molecule has 0 aliphatic heterocycles. The van der Waals surface area contributed by atoms with Crippen LogP contribution < -0.4 is 10.6 Å². The molecule has 1 aliphatic carbocycles. The third-order valence-electron chi connectivity index (χ3n) is 5.57. The highest BCUT2D eigenvalue weighted by molar-refractivity contribution is 7.10. The molecule has 186 valence electrons. The van der Waals surface area contributed by atoms with E-state index in [-0.39, 0.29) is 47.0 Å². The molecule has 0 spiro atoms. The zero-order valence-electron chi connectivity index (χ0n) is 20.1. The zero-order valence-corrected chi connectivity index (χ0v) is 20.9. The van der Waals surface area contributed by atoms with Crippen LogP contribution in [0, 0.1) is 18.8 Å². The molecule has 3 aromatic heterocycles. The number of rotatable bonds is 9. The molecule has 0 aromatic carbocycles. The largest absolute Gasteiger partial charge is 0.464 e. The normalized spacial score (nSPS) is 15.0. The van der Waals surface area contributed by atoms with E-state index in [1.165, 1.54) is 24.7 Å². The number of carbonyl (C=O) groups is 3. The fourth-order valence-corrected chi connectivity index (χ4v) is 4.40. The number of methoxy groups -OCH3 is 1. The summed E-state index contributed by atoms with van der Waals surface area (Å²) in [6.45, 7) is 7.35. The van der Waals surface area contributed by atoms with Crippen molar-refractivity contribution in [2.45, 2.75) is 52.6 Å². The van der Waals surface area contributed by atoms with Gasteiger partial charge >= 0.3 is 5.97 Å². The molecule has 3 aromatic rings. The molecule has 0 bridgehead atoms. The molecule has 4 rings (SSSR count). The SMILES string of the molecule is COC(=O)c1coc([C@H](C)NC(=O)c2nc(-c3csc([C@@H](NC(=O)C4CC4)C(C)C)n3)oc2C)n1. The lowest BCUT2D eigenvalue weighted by atomic mass is 10.0. The molecule has 0 saturated heterocycles. The molecule has 1 saturated carbocycles. The third kappa shape index (κ3) is 5.42. The van der Waals surface area contributed by atoms with Gasteiger partial charge in [0.2, 0.25) is 17.7 Å². The van der Waals surface area contributed by atoms with Crippen LogP contribution in [0.15, 0.2) is 20.5 Å². The number of esters is 1. The van der Waals surface area contributed by atoms with E-state index in [1.807, 2.05) is 13.8 Å². The summed E-state index contributed by atoms with van der Waals surface area (Å²) in [4.78, 5) is 49.7. The lowest BCUT2D eigenvalue weighted by molar-refractivity contribution is -0.123. The van der Waals surface area contributed by atoms with E-state index in [9.17, 15) is 14.4 Å². The van der Waals surface area contributed by atoms with Gasteiger partial charge in [-0.1, -0.05) is 13.8 Å². The summed E-state index contributed by atoms with van der Waals surface area (Å²) in [6, 6.07) is -0.842.